The maximum atomic E-state index is 13.8. The van der Waals surface area contributed by atoms with Crippen LogP contribution < -0.4 is 20.3 Å². The number of methoxy groups -OCH3 is 1. The minimum Gasteiger partial charge on any atom is -0.494 e. The third kappa shape index (κ3) is 5.02. The molecular formula is C29H33FN4O2. The van der Waals surface area contributed by atoms with E-state index in [9.17, 15) is 9.18 Å². The van der Waals surface area contributed by atoms with Gasteiger partial charge in [-0.1, -0.05) is 36.4 Å². The molecule has 0 saturated carbocycles. The van der Waals surface area contributed by atoms with Crippen LogP contribution >= 0.6 is 0 Å². The molecule has 0 spiro atoms. The van der Waals surface area contributed by atoms with Crippen LogP contribution in [-0.4, -0.2) is 56.2 Å². The number of nitrogens with one attached hydrogen (secondary N) is 2. The number of halogens is 1. The molecule has 2 atom stereocenters. The van der Waals surface area contributed by atoms with Gasteiger partial charge in [-0.3, -0.25) is 9.69 Å². The fourth-order valence-electron chi connectivity index (χ4n) is 5.38. The number of para-hydroxylation sites is 2. The first-order chi connectivity index (χ1) is 17.5. The van der Waals surface area contributed by atoms with Crippen molar-refractivity contribution in [3.8, 4) is 5.75 Å². The number of hydrogen-bond donors (Lipinski definition) is 2. The number of rotatable bonds is 6. The number of nitrogens with zero attached hydrogens (tertiary/aromatic N) is 2. The van der Waals surface area contributed by atoms with Crippen molar-refractivity contribution in [2.24, 2.45) is 0 Å². The van der Waals surface area contributed by atoms with E-state index in [1.165, 1.54) is 17.7 Å². The van der Waals surface area contributed by atoms with Gasteiger partial charge < -0.3 is 20.3 Å². The predicted molar refractivity (Wildman–Crippen MR) is 143 cm³/mol. The largest absolute Gasteiger partial charge is 0.494 e. The first kappa shape index (κ1) is 24.1. The van der Waals surface area contributed by atoms with Crippen LogP contribution in [0.4, 0.5) is 21.5 Å². The third-order valence-corrected chi connectivity index (χ3v) is 7.33. The second kappa shape index (κ2) is 10.6. The van der Waals surface area contributed by atoms with Gasteiger partial charge in [0.05, 0.1) is 18.8 Å². The van der Waals surface area contributed by atoms with E-state index >= 15 is 0 Å². The van der Waals surface area contributed by atoms with Crippen molar-refractivity contribution in [1.29, 1.82) is 0 Å². The van der Waals surface area contributed by atoms with E-state index in [1.54, 1.807) is 13.2 Å². The maximum absolute atomic E-state index is 13.8. The van der Waals surface area contributed by atoms with Gasteiger partial charge in [-0.05, 0) is 55.2 Å². The number of fused-ring (bicyclic) bond motifs is 1. The molecule has 0 bridgehead atoms. The lowest BCUT2D eigenvalue weighted by atomic mass is 9.91. The van der Waals surface area contributed by atoms with Crippen molar-refractivity contribution in [2.45, 2.75) is 31.8 Å². The standard InChI is InChI=1S/C29H33FN4O2/c1-20-7-3-5-9-23(20)32-29(35)28(25-13-11-21-8-4-6-10-24(21)31-25)34-17-15-33(16-18-34)26-14-12-22(30)19-27(26)36-2/h3-10,12,14,19,25,28,31H,11,13,15-18H2,1-2H3,(H,32,35). The van der Waals surface area contributed by atoms with E-state index in [2.05, 4.69) is 38.6 Å². The van der Waals surface area contributed by atoms with Gasteiger partial charge in [0, 0.05) is 43.6 Å². The summed E-state index contributed by atoms with van der Waals surface area (Å²) in [5, 5.41) is 6.87. The summed E-state index contributed by atoms with van der Waals surface area (Å²) in [5.41, 5.74) is 5.17. The Bertz CT molecular complexity index is 1230. The van der Waals surface area contributed by atoms with Gasteiger partial charge in [0.1, 0.15) is 17.6 Å². The van der Waals surface area contributed by atoms with Gasteiger partial charge >= 0.3 is 0 Å². The summed E-state index contributed by atoms with van der Waals surface area (Å²) in [7, 11) is 1.56. The molecule has 7 heteroatoms. The van der Waals surface area contributed by atoms with Crippen molar-refractivity contribution in [2.75, 3.05) is 48.8 Å². The van der Waals surface area contributed by atoms with Crippen LogP contribution in [0.3, 0.4) is 0 Å². The number of piperazine rings is 1. The molecule has 2 aliphatic heterocycles. The fourth-order valence-corrected chi connectivity index (χ4v) is 5.38. The van der Waals surface area contributed by atoms with Crippen LogP contribution in [0, 0.1) is 12.7 Å². The highest BCUT2D eigenvalue weighted by Gasteiger charge is 2.37. The van der Waals surface area contributed by atoms with E-state index in [1.807, 2.05) is 37.3 Å². The molecule has 1 saturated heterocycles. The monoisotopic (exact) mass is 488 g/mol. The molecule has 6 nitrogen and oxygen atoms in total. The Hall–Kier alpha value is -3.58. The molecule has 36 heavy (non-hydrogen) atoms. The van der Waals surface area contributed by atoms with Crippen molar-refractivity contribution < 1.29 is 13.9 Å². The number of carbonyl (C=O) groups is 1. The van der Waals surface area contributed by atoms with E-state index in [4.69, 9.17) is 4.74 Å². The molecule has 0 aliphatic carbocycles. The number of benzene rings is 3. The Kier molecular flexibility index (Phi) is 7.09. The summed E-state index contributed by atoms with van der Waals surface area (Å²) in [5.74, 6) is 0.225. The summed E-state index contributed by atoms with van der Waals surface area (Å²) in [6.07, 6.45) is 1.82. The minimum atomic E-state index is -0.324. The van der Waals surface area contributed by atoms with Crippen LogP contribution in [0.2, 0.25) is 0 Å². The van der Waals surface area contributed by atoms with Gasteiger partial charge in [0.15, 0.2) is 0 Å². The fraction of sp³-hybridized carbons (Fsp3) is 0.345. The maximum Gasteiger partial charge on any atom is 0.243 e. The van der Waals surface area contributed by atoms with Crippen LogP contribution in [0.15, 0.2) is 66.7 Å². The molecule has 2 heterocycles. The second-order valence-electron chi connectivity index (χ2n) is 9.53. The molecule has 2 unspecified atom stereocenters. The first-order valence-corrected chi connectivity index (χ1v) is 12.6. The molecule has 2 N–H and O–H groups in total. The molecule has 1 amide bonds. The Balaban J connectivity index is 1.36. The quantitative estimate of drug-likeness (QED) is 0.527. The van der Waals surface area contributed by atoms with Crippen LogP contribution in [0.5, 0.6) is 5.75 Å². The highest BCUT2D eigenvalue weighted by molar-refractivity contribution is 5.96. The Morgan fingerprint density at radius 2 is 1.81 bits per heavy atom. The van der Waals surface area contributed by atoms with Crippen molar-refractivity contribution in [3.63, 3.8) is 0 Å². The average Bonchev–Trinajstić information content (AvgIpc) is 2.90. The smallest absolute Gasteiger partial charge is 0.243 e. The van der Waals surface area contributed by atoms with Crippen LogP contribution in [-0.2, 0) is 11.2 Å². The lowest BCUT2D eigenvalue weighted by Gasteiger charge is -2.43. The van der Waals surface area contributed by atoms with Crippen molar-refractivity contribution >= 4 is 23.0 Å². The normalized spacial score (nSPS) is 18.6. The van der Waals surface area contributed by atoms with Gasteiger partial charge in [-0.15, -0.1) is 0 Å². The Morgan fingerprint density at radius 3 is 2.58 bits per heavy atom. The highest BCUT2D eigenvalue weighted by atomic mass is 19.1. The zero-order chi connectivity index (χ0) is 25.1. The summed E-state index contributed by atoms with van der Waals surface area (Å²) in [4.78, 5) is 18.3. The molecule has 0 aromatic heterocycles. The minimum absolute atomic E-state index is 0.00387. The zero-order valence-corrected chi connectivity index (χ0v) is 20.8. The molecule has 3 aromatic carbocycles. The number of anilines is 3. The predicted octanol–water partition coefficient (Wildman–Crippen LogP) is 4.70. The van der Waals surface area contributed by atoms with E-state index in [-0.39, 0.29) is 23.8 Å². The van der Waals surface area contributed by atoms with Crippen LogP contribution in [0.1, 0.15) is 17.5 Å². The van der Waals surface area contributed by atoms with E-state index < -0.39 is 0 Å². The van der Waals surface area contributed by atoms with E-state index in [0.29, 0.717) is 18.8 Å². The lowest BCUT2D eigenvalue weighted by molar-refractivity contribution is -0.122. The van der Waals surface area contributed by atoms with Gasteiger partial charge in [-0.25, -0.2) is 4.39 Å². The molecule has 2 aliphatic rings. The van der Waals surface area contributed by atoms with E-state index in [0.717, 1.165) is 48.6 Å². The lowest BCUT2D eigenvalue weighted by Crippen LogP contribution is -2.60. The number of amides is 1. The molecule has 0 radical (unpaired) electrons. The number of ether oxygens (including phenoxy) is 1. The second-order valence-corrected chi connectivity index (χ2v) is 9.53. The van der Waals surface area contributed by atoms with Gasteiger partial charge in [-0.2, -0.15) is 0 Å². The highest BCUT2D eigenvalue weighted by Crippen LogP contribution is 2.32. The number of hydrogen-bond acceptors (Lipinski definition) is 5. The van der Waals surface area contributed by atoms with Crippen LogP contribution in [0.25, 0.3) is 0 Å². The van der Waals surface area contributed by atoms with Crippen molar-refractivity contribution in [1.82, 2.24) is 4.90 Å². The van der Waals surface area contributed by atoms with Gasteiger partial charge in [0.2, 0.25) is 5.91 Å². The molecular weight excluding hydrogens is 455 g/mol. The summed E-state index contributed by atoms with van der Waals surface area (Å²) in [6, 6.07) is 20.5. The summed E-state index contributed by atoms with van der Waals surface area (Å²) < 4.78 is 19.1. The molecule has 5 rings (SSSR count). The Morgan fingerprint density at radius 1 is 1.06 bits per heavy atom. The molecule has 1 fully saturated rings. The SMILES string of the molecule is COc1cc(F)ccc1N1CCN(C(C(=O)Nc2ccccc2C)C2CCc3ccccc3N2)CC1. The number of aryl methyl sites for hydroxylation is 2. The molecule has 3 aromatic rings. The summed E-state index contributed by atoms with van der Waals surface area (Å²) in [6.45, 7) is 4.88. The van der Waals surface area contributed by atoms with Crippen molar-refractivity contribution in [3.05, 3.63) is 83.7 Å². The third-order valence-electron chi connectivity index (χ3n) is 7.33. The van der Waals surface area contributed by atoms with Gasteiger partial charge in [0.25, 0.3) is 0 Å². The first-order valence-electron chi connectivity index (χ1n) is 12.6. The zero-order valence-electron chi connectivity index (χ0n) is 20.8. The number of carbonyl (C=O) groups excluding carboxylic acids is 1. The topological polar surface area (TPSA) is 56.8 Å². The Labute approximate surface area is 212 Å². The summed E-state index contributed by atoms with van der Waals surface area (Å²) >= 11 is 0. The average molecular weight is 489 g/mol. The molecule has 188 valence electrons.